The molecule has 1 fully saturated rings. The number of aliphatic carboxylic acids is 1. The highest BCUT2D eigenvalue weighted by Crippen LogP contribution is 2.29. The molecule has 0 aliphatic heterocycles. The molecule has 1 aromatic rings. The first-order chi connectivity index (χ1) is 11.2. The van der Waals surface area contributed by atoms with Crippen molar-refractivity contribution in [2.75, 3.05) is 10.6 Å². The Hall–Kier alpha value is -2.04. The third-order valence-electron chi connectivity index (χ3n) is 4.61. The number of benzene rings is 1. The molecule has 0 bridgehead atoms. The van der Waals surface area contributed by atoms with Gasteiger partial charge in [0.15, 0.2) is 0 Å². The van der Waals surface area contributed by atoms with Gasteiger partial charge in [-0.2, -0.15) is 0 Å². The molecule has 5 heteroatoms. The highest BCUT2D eigenvalue weighted by atomic mass is 16.4. The van der Waals surface area contributed by atoms with Crippen molar-refractivity contribution >= 4 is 23.3 Å². The summed E-state index contributed by atoms with van der Waals surface area (Å²) in [6, 6.07) is 6.14. The van der Waals surface area contributed by atoms with Crippen LogP contribution in [0.5, 0.6) is 0 Å². The van der Waals surface area contributed by atoms with Gasteiger partial charge in [0, 0.05) is 22.8 Å². The molecule has 3 N–H and O–H groups in total. The number of aryl methyl sites for hydroxylation is 1. The largest absolute Gasteiger partial charge is 0.481 e. The third-order valence-corrected chi connectivity index (χ3v) is 4.61. The van der Waals surface area contributed by atoms with E-state index in [4.69, 9.17) is 5.11 Å². The number of rotatable bonds is 4. The average Bonchev–Trinajstić information content (AvgIpc) is 2.50. The molecule has 0 spiro atoms. The molecule has 1 aliphatic rings. The number of hydrogen-bond acceptors (Lipinski definition) is 3. The molecule has 1 aliphatic carbocycles. The van der Waals surface area contributed by atoms with Crippen molar-refractivity contribution < 1.29 is 14.7 Å². The van der Waals surface area contributed by atoms with E-state index in [1.807, 2.05) is 45.9 Å². The summed E-state index contributed by atoms with van der Waals surface area (Å²) in [7, 11) is 0. The fourth-order valence-electron chi connectivity index (χ4n) is 2.88. The molecule has 132 valence electrons. The second-order valence-electron chi connectivity index (χ2n) is 7.76. The van der Waals surface area contributed by atoms with Crippen LogP contribution in [0.1, 0.15) is 52.0 Å². The Morgan fingerprint density at radius 2 is 1.75 bits per heavy atom. The van der Waals surface area contributed by atoms with Gasteiger partial charge in [-0.15, -0.1) is 0 Å². The van der Waals surface area contributed by atoms with Crippen molar-refractivity contribution in [3.63, 3.8) is 0 Å². The van der Waals surface area contributed by atoms with Gasteiger partial charge in [-0.3, -0.25) is 9.59 Å². The van der Waals surface area contributed by atoms with Gasteiger partial charge in [0.1, 0.15) is 0 Å². The van der Waals surface area contributed by atoms with Crippen molar-refractivity contribution in [1.82, 2.24) is 0 Å². The van der Waals surface area contributed by atoms with E-state index in [0.29, 0.717) is 12.8 Å². The standard InChI is InChI=1S/C19H28N2O3/c1-12-5-8-15(21-18(24)19(2,3)4)11-16(12)20-14-9-6-13(7-10-14)17(22)23/h5,8,11,13-14,20H,6-7,9-10H2,1-4H3,(H,21,24)(H,22,23). The fourth-order valence-corrected chi connectivity index (χ4v) is 2.88. The highest BCUT2D eigenvalue weighted by Gasteiger charge is 2.26. The summed E-state index contributed by atoms with van der Waals surface area (Å²) in [6.07, 6.45) is 3.14. The first-order valence-electron chi connectivity index (χ1n) is 8.58. The van der Waals surface area contributed by atoms with Gasteiger partial charge in [-0.05, 0) is 50.3 Å². The summed E-state index contributed by atoms with van der Waals surface area (Å²) >= 11 is 0. The summed E-state index contributed by atoms with van der Waals surface area (Å²) in [5, 5.41) is 15.6. The van der Waals surface area contributed by atoms with Crippen LogP contribution in [0, 0.1) is 18.3 Å². The molecule has 0 radical (unpaired) electrons. The fraction of sp³-hybridized carbons (Fsp3) is 0.579. The number of carbonyl (C=O) groups excluding carboxylic acids is 1. The van der Waals surface area contributed by atoms with Crippen LogP contribution in [0.25, 0.3) is 0 Å². The van der Waals surface area contributed by atoms with E-state index in [0.717, 1.165) is 29.8 Å². The van der Waals surface area contributed by atoms with Gasteiger partial charge in [-0.25, -0.2) is 0 Å². The van der Waals surface area contributed by atoms with Crippen molar-refractivity contribution in [3.05, 3.63) is 23.8 Å². The lowest BCUT2D eigenvalue weighted by Gasteiger charge is -2.28. The maximum absolute atomic E-state index is 12.1. The number of carbonyl (C=O) groups is 2. The third kappa shape index (κ3) is 4.73. The molecule has 0 aromatic heterocycles. The quantitative estimate of drug-likeness (QED) is 0.777. The molecular weight excluding hydrogens is 304 g/mol. The zero-order valence-electron chi connectivity index (χ0n) is 15.0. The predicted octanol–water partition coefficient (Wildman–Crippen LogP) is 4.03. The number of nitrogens with one attached hydrogen (secondary N) is 2. The minimum Gasteiger partial charge on any atom is -0.481 e. The van der Waals surface area contributed by atoms with Gasteiger partial charge in [0.2, 0.25) is 5.91 Å². The smallest absolute Gasteiger partial charge is 0.306 e. The lowest BCUT2D eigenvalue weighted by molar-refractivity contribution is -0.142. The van der Waals surface area contributed by atoms with Crippen LogP contribution in [0.15, 0.2) is 18.2 Å². The molecule has 1 amide bonds. The average molecular weight is 332 g/mol. The lowest BCUT2D eigenvalue weighted by atomic mass is 9.86. The Balaban J connectivity index is 2.02. The van der Waals surface area contributed by atoms with Crippen LogP contribution in [0.4, 0.5) is 11.4 Å². The minimum atomic E-state index is -0.684. The highest BCUT2D eigenvalue weighted by molar-refractivity contribution is 5.95. The Morgan fingerprint density at radius 1 is 1.12 bits per heavy atom. The zero-order valence-corrected chi connectivity index (χ0v) is 15.0. The van der Waals surface area contributed by atoms with Gasteiger partial charge >= 0.3 is 5.97 Å². The van der Waals surface area contributed by atoms with Crippen LogP contribution in [0.2, 0.25) is 0 Å². The zero-order chi connectivity index (χ0) is 17.9. The normalized spacial score (nSPS) is 21.2. The van der Waals surface area contributed by atoms with E-state index in [2.05, 4.69) is 10.6 Å². The van der Waals surface area contributed by atoms with Crippen LogP contribution in [-0.2, 0) is 9.59 Å². The van der Waals surface area contributed by atoms with E-state index in [-0.39, 0.29) is 17.9 Å². The van der Waals surface area contributed by atoms with Crippen molar-refractivity contribution in [2.45, 2.75) is 59.4 Å². The van der Waals surface area contributed by atoms with E-state index in [1.54, 1.807) is 0 Å². The van der Waals surface area contributed by atoms with E-state index in [1.165, 1.54) is 0 Å². The molecule has 1 saturated carbocycles. The topological polar surface area (TPSA) is 78.4 Å². The predicted molar refractivity (Wildman–Crippen MR) is 96.3 cm³/mol. The first-order valence-corrected chi connectivity index (χ1v) is 8.58. The summed E-state index contributed by atoms with van der Waals surface area (Å²) in [5.74, 6) is -0.905. The molecule has 0 saturated heterocycles. The SMILES string of the molecule is Cc1ccc(NC(=O)C(C)(C)C)cc1NC1CCC(C(=O)O)CC1. The molecular formula is C19H28N2O3. The van der Waals surface area contributed by atoms with Crippen LogP contribution in [-0.4, -0.2) is 23.0 Å². The molecule has 0 heterocycles. The van der Waals surface area contributed by atoms with Crippen molar-refractivity contribution in [3.8, 4) is 0 Å². The van der Waals surface area contributed by atoms with Gasteiger partial charge in [0.25, 0.3) is 0 Å². The van der Waals surface area contributed by atoms with Gasteiger partial charge in [-0.1, -0.05) is 26.8 Å². The molecule has 24 heavy (non-hydrogen) atoms. The molecule has 5 nitrogen and oxygen atoms in total. The Labute approximate surface area is 143 Å². The summed E-state index contributed by atoms with van der Waals surface area (Å²) in [6.45, 7) is 7.68. The summed E-state index contributed by atoms with van der Waals surface area (Å²) < 4.78 is 0. The molecule has 0 unspecified atom stereocenters. The Morgan fingerprint density at radius 3 is 2.29 bits per heavy atom. The number of carboxylic acid groups (broad SMARTS) is 1. The Bertz CT molecular complexity index is 612. The van der Waals surface area contributed by atoms with E-state index >= 15 is 0 Å². The number of hydrogen-bond donors (Lipinski definition) is 3. The maximum Gasteiger partial charge on any atom is 0.306 e. The summed E-state index contributed by atoms with van der Waals surface area (Å²) in [5.41, 5.74) is 2.46. The van der Waals surface area contributed by atoms with Crippen molar-refractivity contribution in [2.24, 2.45) is 11.3 Å². The minimum absolute atomic E-state index is 0.0146. The van der Waals surface area contributed by atoms with Gasteiger partial charge in [0.05, 0.1) is 5.92 Å². The van der Waals surface area contributed by atoms with E-state index in [9.17, 15) is 9.59 Å². The number of amides is 1. The Kier molecular flexibility index (Phi) is 5.52. The second kappa shape index (κ2) is 7.24. The van der Waals surface area contributed by atoms with Gasteiger partial charge < -0.3 is 15.7 Å². The van der Waals surface area contributed by atoms with E-state index < -0.39 is 11.4 Å². The first kappa shape index (κ1) is 18.3. The van der Waals surface area contributed by atoms with Crippen LogP contribution in [0.3, 0.4) is 0 Å². The summed E-state index contributed by atoms with van der Waals surface area (Å²) in [4.78, 5) is 23.2. The van der Waals surface area contributed by atoms with Crippen LogP contribution < -0.4 is 10.6 Å². The molecule has 1 aromatic carbocycles. The molecule has 0 atom stereocenters. The lowest BCUT2D eigenvalue weighted by Crippen LogP contribution is -2.29. The maximum atomic E-state index is 12.1. The van der Waals surface area contributed by atoms with Crippen molar-refractivity contribution in [1.29, 1.82) is 0 Å². The van der Waals surface area contributed by atoms with Crippen LogP contribution >= 0.6 is 0 Å². The monoisotopic (exact) mass is 332 g/mol. The second-order valence-corrected chi connectivity index (χ2v) is 7.76. The molecule has 2 rings (SSSR count). The number of carboxylic acids is 1. The number of anilines is 2.